The highest BCUT2D eigenvalue weighted by molar-refractivity contribution is 6.09. The normalized spacial score (nSPS) is 14.2. The molecule has 0 N–H and O–H groups in total. The summed E-state index contributed by atoms with van der Waals surface area (Å²) in [7, 11) is 0. The summed E-state index contributed by atoms with van der Waals surface area (Å²) in [6.45, 7) is 12.1. The smallest absolute Gasteiger partial charge is 0.144 e. The van der Waals surface area contributed by atoms with Gasteiger partial charge >= 0.3 is 0 Å². The van der Waals surface area contributed by atoms with Gasteiger partial charge in [0, 0.05) is 5.69 Å². The van der Waals surface area contributed by atoms with Crippen molar-refractivity contribution in [2.45, 2.75) is 59.9 Å². The van der Waals surface area contributed by atoms with Crippen LogP contribution in [0.3, 0.4) is 0 Å². The number of anilines is 1. The van der Waals surface area contributed by atoms with Crippen molar-refractivity contribution in [3.63, 3.8) is 0 Å². The minimum atomic E-state index is -0.781. The Morgan fingerprint density at radius 3 is 1.90 bits per heavy atom. The van der Waals surface area contributed by atoms with Gasteiger partial charge in [-0.3, -0.25) is 0 Å². The SMILES string of the molecule is CC/C(C)=C(/C#N)N(c1ccc(C)cc1)C(C)(CC)C(C#N)=Nc1ccc(C)cc1. The third kappa shape index (κ3) is 4.78. The van der Waals surface area contributed by atoms with Crippen molar-refractivity contribution in [1.82, 2.24) is 0 Å². The number of rotatable bonds is 7. The average molecular weight is 399 g/mol. The van der Waals surface area contributed by atoms with Crippen LogP contribution in [0.1, 0.15) is 51.7 Å². The molecule has 0 aromatic heterocycles. The van der Waals surface area contributed by atoms with Gasteiger partial charge in [0.25, 0.3) is 0 Å². The van der Waals surface area contributed by atoms with Crippen molar-refractivity contribution < 1.29 is 0 Å². The van der Waals surface area contributed by atoms with Crippen molar-refractivity contribution in [3.05, 3.63) is 70.9 Å². The zero-order chi connectivity index (χ0) is 22.3. The van der Waals surface area contributed by atoms with E-state index in [9.17, 15) is 10.5 Å². The van der Waals surface area contributed by atoms with E-state index in [4.69, 9.17) is 4.99 Å². The Hall–Kier alpha value is -3.37. The second-order valence-electron chi connectivity index (χ2n) is 7.80. The fourth-order valence-electron chi connectivity index (χ4n) is 3.30. The molecule has 0 aliphatic heterocycles. The van der Waals surface area contributed by atoms with Crippen LogP contribution >= 0.6 is 0 Å². The Balaban J connectivity index is 2.76. The molecule has 0 heterocycles. The topological polar surface area (TPSA) is 63.2 Å². The van der Waals surface area contributed by atoms with Gasteiger partial charge in [-0.25, -0.2) is 4.99 Å². The summed E-state index contributed by atoms with van der Waals surface area (Å²) in [5.74, 6) is 0. The molecule has 4 heteroatoms. The molecule has 0 aliphatic carbocycles. The summed E-state index contributed by atoms with van der Waals surface area (Å²) in [6, 6.07) is 20.6. The summed E-state index contributed by atoms with van der Waals surface area (Å²) in [5.41, 5.74) is 5.03. The van der Waals surface area contributed by atoms with E-state index in [-0.39, 0.29) is 0 Å². The fraction of sp³-hybridized carbons (Fsp3) is 0.346. The second kappa shape index (κ2) is 9.90. The van der Waals surface area contributed by atoms with Crippen molar-refractivity contribution >= 4 is 17.1 Å². The lowest BCUT2D eigenvalue weighted by Crippen LogP contribution is -2.51. The molecule has 154 valence electrons. The molecule has 0 fully saturated rings. The highest BCUT2D eigenvalue weighted by atomic mass is 15.2. The van der Waals surface area contributed by atoms with Gasteiger partial charge in [0.15, 0.2) is 0 Å². The van der Waals surface area contributed by atoms with Crippen LogP contribution in [0, 0.1) is 36.5 Å². The summed E-state index contributed by atoms with van der Waals surface area (Å²) in [6.07, 6.45) is 1.36. The largest absolute Gasteiger partial charge is 0.321 e. The molecule has 30 heavy (non-hydrogen) atoms. The Morgan fingerprint density at radius 2 is 1.47 bits per heavy atom. The van der Waals surface area contributed by atoms with Crippen LogP contribution in [0.25, 0.3) is 0 Å². The maximum Gasteiger partial charge on any atom is 0.144 e. The number of hydrogen-bond acceptors (Lipinski definition) is 4. The summed E-state index contributed by atoms with van der Waals surface area (Å²) in [4.78, 5) is 6.70. The van der Waals surface area contributed by atoms with E-state index in [1.165, 1.54) is 0 Å². The van der Waals surface area contributed by atoms with E-state index in [0.717, 1.165) is 34.5 Å². The van der Waals surface area contributed by atoms with Crippen LogP contribution in [-0.2, 0) is 0 Å². The Morgan fingerprint density at radius 1 is 0.933 bits per heavy atom. The number of aryl methyl sites for hydroxylation is 2. The van der Waals surface area contributed by atoms with E-state index < -0.39 is 5.54 Å². The maximum absolute atomic E-state index is 10.1. The first kappa shape index (κ1) is 22.9. The van der Waals surface area contributed by atoms with E-state index in [1.54, 1.807) is 0 Å². The number of benzene rings is 2. The highest BCUT2D eigenvalue weighted by Crippen LogP contribution is 2.35. The molecular weight excluding hydrogens is 368 g/mol. The van der Waals surface area contributed by atoms with Crippen LogP contribution in [-0.4, -0.2) is 11.3 Å². The molecule has 0 aliphatic rings. The van der Waals surface area contributed by atoms with Gasteiger partial charge < -0.3 is 4.90 Å². The molecule has 0 amide bonds. The predicted molar refractivity (Wildman–Crippen MR) is 125 cm³/mol. The molecule has 2 aromatic rings. The zero-order valence-electron chi connectivity index (χ0n) is 18.8. The zero-order valence-corrected chi connectivity index (χ0v) is 18.8. The predicted octanol–water partition coefficient (Wildman–Crippen LogP) is 6.78. The number of hydrogen-bond donors (Lipinski definition) is 0. The van der Waals surface area contributed by atoms with Gasteiger partial charge in [-0.2, -0.15) is 10.5 Å². The van der Waals surface area contributed by atoms with Crippen molar-refractivity contribution in [1.29, 1.82) is 10.5 Å². The van der Waals surface area contributed by atoms with E-state index in [0.29, 0.717) is 17.8 Å². The molecule has 1 atom stereocenters. The summed E-state index contributed by atoms with van der Waals surface area (Å²) in [5, 5.41) is 20.2. The van der Waals surface area contributed by atoms with Crippen LogP contribution in [0.5, 0.6) is 0 Å². The van der Waals surface area contributed by atoms with Crippen LogP contribution in [0.2, 0.25) is 0 Å². The quantitative estimate of drug-likeness (QED) is 0.381. The Bertz CT molecular complexity index is 1010. The number of nitriles is 2. The Kier molecular flexibility index (Phi) is 7.56. The van der Waals surface area contributed by atoms with Crippen molar-refractivity contribution in [2.75, 3.05) is 4.90 Å². The first-order chi connectivity index (χ1) is 14.3. The minimum Gasteiger partial charge on any atom is -0.321 e. The van der Waals surface area contributed by atoms with Crippen molar-refractivity contribution in [2.24, 2.45) is 4.99 Å². The van der Waals surface area contributed by atoms with Crippen LogP contribution < -0.4 is 4.90 Å². The number of nitrogens with zero attached hydrogens (tertiary/aromatic N) is 4. The first-order valence-corrected chi connectivity index (χ1v) is 10.3. The Labute approximate surface area is 180 Å². The molecule has 2 aromatic carbocycles. The van der Waals surface area contributed by atoms with Gasteiger partial charge in [-0.15, -0.1) is 0 Å². The minimum absolute atomic E-state index is 0.381. The third-order valence-electron chi connectivity index (χ3n) is 5.63. The molecule has 0 radical (unpaired) electrons. The van der Waals surface area contributed by atoms with Crippen molar-refractivity contribution in [3.8, 4) is 12.1 Å². The number of allylic oxidation sites excluding steroid dienone is 2. The van der Waals surface area contributed by atoms with Gasteiger partial charge in [0.2, 0.25) is 0 Å². The first-order valence-electron chi connectivity index (χ1n) is 10.3. The van der Waals surface area contributed by atoms with E-state index in [2.05, 4.69) is 12.1 Å². The van der Waals surface area contributed by atoms with Gasteiger partial charge in [-0.1, -0.05) is 49.2 Å². The standard InChI is InChI=1S/C26H30N4/c1-7-21(5)24(17-27)30(23-15-11-20(4)12-16-23)26(6,8-2)25(18-28)29-22-13-9-19(3)10-14-22/h9-16H,7-8H2,1-6H3/b24-21-,29-25?. The van der Waals surface area contributed by atoms with E-state index in [1.807, 2.05) is 95.0 Å². The summed E-state index contributed by atoms with van der Waals surface area (Å²) >= 11 is 0. The van der Waals surface area contributed by atoms with Crippen LogP contribution in [0.4, 0.5) is 11.4 Å². The monoisotopic (exact) mass is 398 g/mol. The maximum atomic E-state index is 10.1. The lowest BCUT2D eigenvalue weighted by atomic mass is 9.88. The van der Waals surface area contributed by atoms with Gasteiger partial charge in [0.05, 0.1) is 11.2 Å². The summed E-state index contributed by atoms with van der Waals surface area (Å²) < 4.78 is 0. The number of aliphatic imine (C=N–C) groups is 1. The molecule has 2 rings (SSSR count). The molecule has 0 saturated heterocycles. The van der Waals surface area contributed by atoms with Crippen LogP contribution in [0.15, 0.2) is 64.8 Å². The average Bonchev–Trinajstić information content (AvgIpc) is 2.76. The van der Waals surface area contributed by atoms with E-state index >= 15 is 0 Å². The molecule has 1 unspecified atom stereocenters. The molecule has 0 saturated carbocycles. The third-order valence-corrected chi connectivity index (χ3v) is 5.63. The second-order valence-corrected chi connectivity index (χ2v) is 7.80. The molecule has 4 nitrogen and oxygen atoms in total. The molecule has 0 spiro atoms. The highest BCUT2D eigenvalue weighted by Gasteiger charge is 2.39. The fourth-order valence-corrected chi connectivity index (χ4v) is 3.30. The lowest BCUT2D eigenvalue weighted by Gasteiger charge is -2.41. The van der Waals surface area contributed by atoms with Gasteiger partial charge in [-0.05, 0) is 70.4 Å². The van der Waals surface area contributed by atoms with Gasteiger partial charge in [0.1, 0.15) is 23.5 Å². The lowest BCUT2D eigenvalue weighted by molar-refractivity contribution is 0.570. The molecular formula is C26H30N4. The molecule has 0 bridgehead atoms.